The van der Waals surface area contributed by atoms with E-state index in [1.807, 2.05) is 33.3 Å². The molecule has 0 atom stereocenters. The topological polar surface area (TPSA) is 12.0 Å². The van der Waals surface area contributed by atoms with Crippen molar-refractivity contribution in [1.82, 2.24) is 4.72 Å². The zero-order valence-corrected chi connectivity index (χ0v) is 12.0. The molecule has 0 spiro atoms. The van der Waals surface area contributed by atoms with Gasteiger partial charge in [0.15, 0.2) is 0 Å². The normalized spacial score (nSPS) is 12.8. The van der Waals surface area contributed by atoms with Crippen molar-refractivity contribution in [3.05, 3.63) is 34.9 Å². The van der Waals surface area contributed by atoms with Crippen molar-refractivity contribution in [1.29, 1.82) is 0 Å². The van der Waals surface area contributed by atoms with Gasteiger partial charge in [-0.3, -0.25) is 4.72 Å². The van der Waals surface area contributed by atoms with E-state index in [1.54, 1.807) is 0 Å². The van der Waals surface area contributed by atoms with Gasteiger partial charge in [-0.2, -0.15) is 0 Å². The fraction of sp³-hybridized carbons (Fsp3) is 0.538. The standard InChI is InChI=1S/C13H21F2NS/c1-13(2,3)9-6-11(14)10(12(15)7-9)8-16-17(4)5/h6-7,16-17H,8H2,1-5H3. The molecule has 0 aliphatic carbocycles. The van der Waals surface area contributed by atoms with E-state index in [0.717, 1.165) is 0 Å². The minimum absolute atomic E-state index is 0.134. The summed E-state index contributed by atoms with van der Waals surface area (Å²) < 4.78 is 30.7. The second-order valence-electron chi connectivity index (χ2n) is 5.40. The first kappa shape index (κ1) is 14.5. The molecule has 1 rings (SSSR count). The number of hydrogen-bond donors (Lipinski definition) is 2. The molecule has 0 fully saturated rings. The van der Waals surface area contributed by atoms with Crippen LogP contribution < -0.4 is 4.72 Å². The summed E-state index contributed by atoms with van der Waals surface area (Å²) in [6.45, 7) is 6.07. The molecular weight excluding hydrogens is 240 g/mol. The summed E-state index contributed by atoms with van der Waals surface area (Å²) in [7, 11) is 0. The molecule has 0 aliphatic heterocycles. The smallest absolute Gasteiger partial charge is 0.130 e. The fourth-order valence-corrected chi connectivity index (χ4v) is 1.92. The summed E-state index contributed by atoms with van der Waals surface area (Å²) in [6, 6.07) is 2.88. The minimum Gasteiger partial charge on any atom is -0.279 e. The zero-order valence-electron chi connectivity index (χ0n) is 11.1. The number of rotatable bonds is 3. The van der Waals surface area contributed by atoms with Crippen LogP contribution in [0.25, 0.3) is 0 Å². The van der Waals surface area contributed by atoms with Crippen molar-refractivity contribution in [2.24, 2.45) is 0 Å². The van der Waals surface area contributed by atoms with Crippen molar-refractivity contribution >= 4 is 11.1 Å². The Balaban J connectivity index is 3.03. The van der Waals surface area contributed by atoms with Crippen LogP contribution in [-0.4, -0.2) is 12.5 Å². The van der Waals surface area contributed by atoms with Crippen molar-refractivity contribution in [3.8, 4) is 0 Å². The number of hydrogen-bond acceptors (Lipinski definition) is 1. The van der Waals surface area contributed by atoms with Gasteiger partial charge in [0.1, 0.15) is 11.6 Å². The van der Waals surface area contributed by atoms with Gasteiger partial charge in [-0.05, 0) is 35.6 Å². The van der Waals surface area contributed by atoms with Crippen LogP contribution in [0.4, 0.5) is 8.78 Å². The average Bonchev–Trinajstić information content (AvgIpc) is 2.14. The molecule has 0 saturated heterocycles. The molecule has 0 radical (unpaired) electrons. The van der Waals surface area contributed by atoms with E-state index in [4.69, 9.17) is 0 Å². The lowest BCUT2D eigenvalue weighted by atomic mass is 9.86. The maximum Gasteiger partial charge on any atom is 0.130 e. The number of thiol groups is 1. The third-order valence-electron chi connectivity index (χ3n) is 2.58. The van der Waals surface area contributed by atoms with Crippen molar-refractivity contribution < 1.29 is 8.78 Å². The summed E-state index contributed by atoms with van der Waals surface area (Å²) in [5.41, 5.74) is 0.580. The van der Waals surface area contributed by atoms with Crippen LogP contribution in [0.5, 0.6) is 0 Å². The van der Waals surface area contributed by atoms with Crippen molar-refractivity contribution in [2.45, 2.75) is 32.7 Å². The number of benzene rings is 1. The first-order valence-electron chi connectivity index (χ1n) is 5.61. The summed E-state index contributed by atoms with van der Waals surface area (Å²) in [4.78, 5) is 0. The Morgan fingerprint density at radius 3 is 1.94 bits per heavy atom. The lowest BCUT2D eigenvalue weighted by Gasteiger charge is -2.21. The molecule has 0 unspecified atom stereocenters. The van der Waals surface area contributed by atoms with Gasteiger partial charge in [0, 0.05) is 12.1 Å². The second-order valence-corrected chi connectivity index (χ2v) is 7.50. The molecule has 1 nitrogen and oxygen atoms in total. The summed E-state index contributed by atoms with van der Waals surface area (Å²) >= 11 is -0.362. The van der Waals surface area contributed by atoms with Gasteiger partial charge < -0.3 is 0 Å². The van der Waals surface area contributed by atoms with Gasteiger partial charge in [0.25, 0.3) is 0 Å². The van der Waals surface area contributed by atoms with Crippen LogP contribution in [-0.2, 0) is 12.0 Å². The van der Waals surface area contributed by atoms with Gasteiger partial charge in [-0.1, -0.05) is 20.8 Å². The van der Waals surface area contributed by atoms with E-state index in [-0.39, 0.29) is 28.6 Å². The van der Waals surface area contributed by atoms with Gasteiger partial charge in [-0.25, -0.2) is 19.9 Å². The Bertz CT molecular complexity index is 374. The largest absolute Gasteiger partial charge is 0.279 e. The maximum atomic E-state index is 13.8. The zero-order chi connectivity index (χ0) is 13.2. The Labute approximate surface area is 105 Å². The van der Waals surface area contributed by atoms with E-state index in [0.29, 0.717) is 5.56 Å². The Kier molecular flexibility index (Phi) is 4.55. The minimum atomic E-state index is -0.459. The van der Waals surface area contributed by atoms with Gasteiger partial charge in [0.05, 0.1) is 0 Å². The Morgan fingerprint density at radius 1 is 1.12 bits per heavy atom. The quantitative estimate of drug-likeness (QED) is 0.793. The molecule has 1 N–H and O–H groups in total. The van der Waals surface area contributed by atoms with Crippen LogP contribution in [0.15, 0.2) is 12.1 Å². The molecule has 0 heterocycles. The molecule has 4 heteroatoms. The molecule has 0 aliphatic rings. The highest BCUT2D eigenvalue weighted by Crippen LogP contribution is 2.26. The van der Waals surface area contributed by atoms with Gasteiger partial charge >= 0.3 is 0 Å². The molecular formula is C13H21F2NS. The van der Waals surface area contributed by atoms with Gasteiger partial charge in [-0.15, -0.1) is 0 Å². The van der Waals surface area contributed by atoms with E-state index in [2.05, 4.69) is 4.72 Å². The first-order valence-corrected chi connectivity index (χ1v) is 7.84. The molecule has 0 amide bonds. The van der Waals surface area contributed by atoms with E-state index in [1.165, 1.54) is 12.1 Å². The van der Waals surface area contributed by atoms with E-state index >= 15 is 0 Å². The summed E-state index contributed by atoms with van der Waals surface area (Å²) in [5, 5.41) is 0. The van der Waals surface area contributed by atoms with Crippen LogP contribution >= 0.6 is 11.1 Å². The molecule has 98 valence electrons. The van der Waals surface area contributed by atoms with Crippen LogP contribution in [0.2, 0.25) is 0 Å². The lowest BCUT2D eigenvalue weighted by molar-refractivity contribution is 0.526. The molecule has 0 saturated carbocycles. The highest BCUT2D eigenvalue weighted by atomic mass is 32.2. The van der Waals surface area contributed by atoms with Crippen molar-refractivity contribution in [3.63, 3.8) is 0 Å². The summed E-state index contributed by atoms with van der Waals surface area (Å²) in [6.07, 6.45) is 4.02. The first-order chi connectivity index (χ1) is 7.71. The van der Waals surface area contributed by atoms with Crippen molar-refractivity contribution in [2.75, 3.05) is 12.5 Å². The third-order valence-corrected chi connectivity index (χ3v) is 3.37. The predicted octanol–water partition coefficient (Wildman–Crippen LogP) is 3.53. The van der Waals surface area contributed by atoms with E-state index < -0.39 is 11.6 Å². The van der Waals surface area contributed by atoms with Crippen LogP contribution in [0, 0.1) is 11.6 Å². The van der Waals surface area contributed by atoms with Crippen LogP contribution in [0.3, 0.4) is 0 Å². The monoisotopic (exact) mass is 261 g/mol. The molecule has 1 aromatic carbocycles. The Morgan fingerprint density at radius 2 is 1.59 bits per heavy atom. The molecule has 17 heavy (non-hydrogen) atoms. The van der Waals surface area contributed by atoms with Crippen LogP contribution in [0.1, 0.15) is 31.9 Å². The second kappa shape index (κ2) is 5.36. The number of halogens is 2. The predicted molar refractivity (Wildman–Crippen MR) is 72.7 cm³/mol. The average molecular weight is 261 g/mol. The molecule has 0 bridgehead atoms. The SMILES string of the molecule is C[SH](C)NCc1c(F)cc(C(C)(C)C)cc1F. The molecule has 1 aromatic rings. The van der Waals surface area contributed by atoms with Gasteiger partial charge in [0.2, 0.25) is 0 Å². The fourth-order valence-electron chi connectivity index (χ4n) is 1.44. The Hall–Kier alpha value is -0.610. The van der Waals surface area contributed by atoms with E-state index in [9.17, 15) is 8.78 Å². The third kappa shape index (κ3) is 3.96. The number of nitrogens with one attached hydrogen (secondary N) is 1. The highest BCUT2D eigenvalue weighted by molar-refractivity contribution is 8.14. The highest BCUT2D eigenvalue weighted by Gasteiger charge is 2.19. The maximum absolute atomic E-state index is 13.8. The molecule has 0 aromatic heterocycles. The summed E-state index contributed by atoms with van der Waals surface area (Å²) in [5.74, 6) is -0.918. The lowest BCUT2D eigenvalue weighted by Crippen LogP contribution is -2.15.